The highest BCUT2D eigenvalue weighted by Gasteiger charge is 2.43. The summed E-state index contributed by atoms with van der Waals surface area (Å²) >= 11 is 0. The second-order valence-electron chi connectivity index (χ2n) is 8.87. The van der Waals surface area contributed by atoms with E-state index in [1.165, 1.54) is 0 Å². The first-order chi connectivity index (χ1) is 16.6. The van der Waals surface area contributed by atoms with Crippen LogP contribution in [0.25, 0.3) is 10.8 Å². The summed E-state index contributed by atoms with van der Waals surface area (Å²) in [5.74, 6) is -0.584. The molecule has 0 saturated carbocycles. The van der Waals surface area contributed by atoms with Crippen LogP contribution in [0, 0.1) is 5.92 Å². The van der Waals surface area contributed by atoms with E-state index in [4.69, 9.17) is 14.5 Å². The number of fused-ring (bicyclic) bond motifs is 1. The zero-order valence-corrected chi connectivity index (χ0v) is 19.4. The standard InChI is InChI=1S/C29H27NO4/c1-18-26(29(32)34-17-19-13-15-21(33-2)16-14-19)27(28-24(30-18)11-6-12-25(28)31)23-10-5-8-20-7-3-4-9-22(20)23/h3-5,7-10,13-16,26-27H,6,11-12,17H2,1-2H3/t26?,27-/m1/s1. The number of aliphatic imine (C=N–C) groups is 1. The lowest BCUT2D eigenvalue weighted by Gasteiger charge is -2.35. The maximum absolute atomic E-state index is 13.5. The summed E-state index contributed by atoms with van der Waals surface area (Å²) in [6.45, 7) is 2.02. The third kappa shape index (κ3) is 4.03. The van der Waals surface area contributed by atoms with E-state index >= 15 is 0 Å². The first-order valence-electron chi connectivity index (χ1n) is 11.7. The molecule has 0 aromatic heterocycles. The molecule has 2 aliphatic rings. The normalized spacial score (nSPS) is 20.1. The average Bonchev–Trinajstić information content (AvgIpc) is 2.86. The number of hydrogen-bond donors (Lipinski definition) is 0. The molecule has 172 valence electrons. The van der Waals surface area contributed by atoms with Gasteiger partial charge in [0.1, 0.15) is 18.3 Å². The highest BCUT2D eigenvalue weighted by atomic mass is 16.5. The SMILES string of the molecule is COc1ccc(COC(=O)C2C(C)=NC3=C(C(=O)CCC3)[C@@H]2c2cccc3ccccc23)cc1. The van der Waals surface area contributed by atoms with Gasteiger partial charge in [0.15, 0.2) is 5.78 Å². The van der Waals surface area contributed by atoms with E-state index in [-0.39, 0.29) is 18.4 Å². The van der Waals surface area contributed by atoms with Gasteiger partial charge in [0, 0.05) is 29.3 Å². The van der Waals surface area contributed by atoms with Crippen molar-refractivity contribution in [2.24, 2.45) is 10.9 Å². The number of allylic oxidation sites excluding steroid dienone is 2. The van der Waals surface area contributed by atoms with Crippen molar-refractivity contribution in [3.05, 3.63) is 89.1 Å². The van der Waals surface area contributed by atoms with Gasteiger partial charge in [-0.15, -0.1) is 0 Å². The number of esters is 1. The lowest BCUT2D eigenvalue weighted by atomic mass is 9.71. The molecule has 1 aliphatic heterocycles. The van der Waals surface area contributed by atoms with E-state index in [0.29, 0.717) is 17.7 Å². The molecule has 5 rings (SSSR count). The van der Waals surface area contributed by atoms with Crippen LogP contribution < -0.4 is 4.74 Å². The molecule has 0 N–H and O–H groups in total. The number of Topliss-reactive ketones (excluding diaryl/α,β-unsaturated/α-hetero) is 1. The summed E-state index contributed by atoms with van der Waals surface area (Å²) < 4.78 is 11.0. The van der Waals surface area contributed by atoms with E-state index in [9.17, 15) is 9.59 Å². The van der Waals surface area contributed by atoms with Gasteiger partial charge in [-0.3, -0.25) is 14.6 Å². The van der Waals surface area contributed by atoms with Crippen molar-refractivity contribution in [2.75, 3.05) is 7.11 Å². The van der Waals surface area contributed by atoms with Crippen molar-refractivity contribution in [2.45, 2.75) is 38.7 Å². The second kappa shape index (κ2) is 9.26. The number of ether oxygens (including phenoxy) is 2. The summed E-state index contributed by atoms with van der Waals surface area (Å²) in [6.07, 6.45) is 2.04. The highest BCUT2D eigenvalue weighted by Crippen LogP contribution is 2.45. The van der Waals surface area contributed by atoms with Crippen molar-refractivity contribution in [1.82, 2.24) is 0 Å². The fraction of sp³-hybridized carbons (Fsp3) is 0.276. The smallest absolute Gasteiger partial charge is 0.315 e. The van der Waals surface area contributed by atoms with Crippen LogP contribution in [0.1, 0.15) is 43.2 Å². The monoisotopic (exact) mass is 453 g/mol. The number of ketones is 1. The fourth-order valence-corrected chi connectivity index (χ4v) is 5.14. The maximum Gasteiger partial charge on any atom is 0.315 e. The molecule has 0 radical (unpaired) electrons. The van der Waals surface area contributed by atoms with Gasteiger partial charge in [-0.05, 0) is 53.8 Å². The van der Waals surface area contributed by atoms with E-state index in [2.05, 4.69) is 18.2 Å². The van der Waals surface area contributed by atoms with Crippen LogP contribution in [0.5, 0.6) is 5.75 Å². The van der Waals surface area contributed by atoms with Crippen molar-refractivity contribution < 1.29 is 19.1 Å². The molecule has 5 heteroatoms. The van der Waals surface area contributed by atoms with Gasteiger partial charge in [-0.25, -0.2) is 0 Å². The Kier molecular flexibility index (Phi) is 6.01. The molecule has 34 heavy (non-hydrogen) atoms. The average molecular weight is 454 g/mol. The number of rotatable bonds is 5. The topological polar surface area (TPSA) is 65.0 Å². The fourth-order valence-electron chi connectivity index (χ4n) is 5.14. The van der Waals surface area contributed by atoms with Crippen LogP contribution in [-0.4, -0.2) is 24.6 Å². The van der Waals surface area contributed by atoms with Crippen molar-refractivity contribution in [3.8, 4) is 5.75 Å². The van der Waals surface area contributed by atoms with Crippen LogP contribution in [0.4, 0.5) is 0 Å². The minimum atomic E-state index is -0.648. The van der Waals surface area contributed by atoms with E-state index in [1.54, 1.807) is 7.11 Å². The van der Waals surface area contributed by atoms with E-state index < -0.39 is 11.8 Å². The molecule has 1 aliphatic carbocycles. The third-order valence-electron chi connectivity index (χ3n) is 6.79. The third-order valence-corrected chi connectivity index (χ3v) is 6.79. The number of methoxy groups -OCH3 is 1. The summed E-state index contributed by atoms with van der Waals surface area (Å²) in [4.78, 5) is 31.5. The summed E-state index contributed by atoms with van der Waals surface area (Å²) in [5, 5.41) is 2.12. The minimum absolute atomic E-state index is 0.0865. The molecular weight excluding hydrogens is 426 g/mol. The van der Waals surface area contributed by atoms with Crippen LogP contribution in [0.3, 0.4) is 0 Å². The molecule has 3 aromatic rings. The van der Waals surface area contributed by atoms with Crippen molar-refractivity contribution in [3.63, 3.8) is 0 Å². The van der Waals surface area contributed by atoms with Gasteiger partial charge in [0.25, 0.3) is 0 Å². The van der Waals surface area contributed by atoms with Gasteiger partial charge in [0.2, 0.25) is 0 Å². The molecule has 3 aromatic carbocycles. The first-order valence-corrected chi connectivity index (χ1v) is 11.7. The summed E-state index contributed by atoms with van der Waals surface area (Å²) in [5.41, 5.74) is 4.05. The Morgan fingerprint density at radius 3 is 2.56 bits per heavy atom. The van der Waals surface area contributed by atoms with Crippen LogP contribution in [-0.2, 0) is 20.9 Å². The van der Waals surface area contributed by atoms with Crippen LogP contribution in [0.2, 0.25) is 0 Å². The molecule has 5 nitrogen and oxygen atoms in total. The lowest BCUT2D eigenvalue weighted by Crippen LogP contribution is -2.37. The molecule has 0 fully saturated rings. The van der Waals surface area contributed by atoms with Gasteiger partial charge < -0.3 is 9.47 Å². The molecule has 0 amide bonds. The van der Waals surface area contributed by atoms with Crippen LogP contribution in [0.15, 0.2) is 83.0 Å². The Labute approximate surface area is 199 Å². The number of carbonyl (C=O) groups excluding carboxylic acids is 2. The lowest BCUT2D eigenvalue weighted by molar-refractivity contribution is -0.147. The maximum atomic E-state index is 13.5. The Balaban J connectivity index is 1.54. The molecule has 0 saturated heterocycles. The molecular formula is C29H27NO4. The van der Waals surface area contributed by atoms with Crippen molar-refractivity contribution >= 4 is 28.2 Å². The highest BCUT2D eigenvalue weighted by molar-refractivity contribution is 6.09. The van der Waals surface area contributed by atoms with E-state index in [0.717, 1.165) is 46.2 Å². The quantitative estimate of drug-likeness (QED) is 0.460. The largest absolute Gasteiger partial charge is 0.497 e. The summed E-state index contributed by atoms with van der Waals surface area (Å²) in [6, 6.07) is 21.6. The Bertz CT molecular complexity index is 1310. The number of nitrogens with zero attached hydrogens (tertiary/aromatic N) is 1. The molecule has 1 heterocycles. The first kappa shape index (κ1) is 22.1. The molecule has 1 unspecified atom stereocenters. The van der Waals surface area contributed by atoms with Gasteiger partial charge in [0.05, 0.1) is 7.11 Å². The van der Waals surface area contributed by atoms with Gasteiger partial charge >= 0.3 is 5.97 Å². The van der Waals surface area contributed by atoms with Crippen molar-refractivity contribution in [1.29, 1.82) is 0 Å². The second-order valence-corrected chi connectivity index (χ2v) is 8.87. The Morgan fingerprint density at radius 2 is 1.76 bits per heavy atom. The van der Waals surface area contributed by atoms with Crippen LogP contribution >= 0.6 is 0 Å². The Morgan fingerprint density at radius 1 is 1.00 bits per heavy atom. The molecule has 0 bridgehead atoms. The zero-order valence-electron chi connectivity index (χ0n) is 19.4. The van der Waals surface area contributed by atoms with Gasteiger partial charge in [-0.2, -0.15) is 0 Å². The predicted octanol–water partition coefficient (Wildman–Crippen LogP) is 5.77. The number of hydrogen-bond acceptors (Lipinski definition) is 5. The molecule has 2 atom stereocenters. The minimum Gasteiger partial charge on any atom is -0.497 e. The summed E-state index contributed by atoms with van der Waals surface area (Å²) in [7, 11) is 1.61. The predicted molar refractivity (Wildman–Crippen MR) is 132 cm³/mol. The molecule has 0 spiro atoms. The van der Waals surface area contributed by atoms with E-state index in [1.807, 2.05) is 55.5 Å². The number of benzene rings is 3. The van der Waals surface area contributed by atoms with Gasteiger partial charge in [-0.1, -0.05) is 54.6 Å². The zero-order chi connectivity index (χ0) is 23.7. The Hall–Kier alpha value is -3.73. The number of carbonyl (C=O) groups is 2.